The molecule has 2 N–H and O–H groups in total. The summed E-state index contributed by atoms with van der Waals surface area (Å²) in [6, 6.07) is 6.84. The Morgan fingerprint density at radius 3 is 2.44 bits per heavy atom. The van der Waals surface area contributed by atoms with Gasteiger partial charge in [0.15, 0.2) is 0 Å². The van der Waals surface area contributed by atoms with Gasteiger partial charge in [-0.2, -0.15) is 24.5 Å². The maximum absolute atomic E-state index is 13.4. The summed E-state index contributed by atoms with van der Waals surface area (Å²) in [5, 5.41) is 9.48. The number of thiophene rings is 1. The number of amides is 1. The van der Waals surface area contributed by atoms with Crippen molar-refractivity contribution >= 4 is 44.7 Å². The zero-order chi connectivity index (χ0) is 23.2. The number of alkyl halides is 3. The van der Waals surface area contributed by atoms with E-state index in [1.54, 1.807) is 44.2 Å². The summed E-state index contributed by atoms with van der Waals surface area (Å²) in [7, 11) is 3.39. The number of benzene rings is 1. The second-order valence-corrected chi connectivity index (χ2v) is 8.31. The Morgan fingerprint density at radius 2 is 1.81 bits per heavy atom. The number of nitrogens with zero attached hydrogens (tertiary/aromatic N) is 4. The van der Waals surface area contributed by atoms with Gasteiger partial charge in [-0.05, 0) is 42.6 Å². The number of aromatic nitrogens is 2. The minimum Gasteiger partial charge on any atom is -0.383 e. The quantitative estimate of drug-likeness (QED) is 0.429. The van der Waals surface area contributed by atoms with Crippen LogP contribution in [0.2, 0.25) is 0 Å². The maximum Gasteiger partial charge on any atom is 0.417 e. The molecule has 166 valence electrons. The van der Waals surface area contributed by atoms with Crippen LogP contribution in [0.25, 0.3) is 21.7 Å². The van der Waals surface area contributed by atoms with Crippen molar-refractivity contribution in [2.45, 2.75) is 19.1 Å². The zero-order valence-electron chi connectivity index (χ0n) is 17.5. The van der Waals surface area contributed by atoms with E-state index >= 15 is 0 Å². The number of hydrogen-bond acceptors (Lipinski definition) is 6. The molecular formula is C22H20F3N5OS. The molecule has 10 heteroatoms. The van der Waals surface area contributed by atoms with Crippen LogP contribution in [0, 0.1) is 0 Å². The molecule has 0 saturated heterocycles. The largest absolute Gasteiger partial charge is 0.417 e. The van der Waals surface area contributed by atoms with Crippen molar-refractivity contribution in [2.24, 2.45) is 0 Å². The van der Waals surface area contributed by atoms with Crippen molar-refractivity contribution < 1.29 is 18.0 Å². The molecule has 1 aromatic carbocycles. The molecule has 0 radical (unpaired) electrons. The zero-order valence-corrected chi connectivity index (χ0v) is 18.3. The lowest BCUT2D eigenvalue weighted by atomic mass is 10.1. The highest BCUT2D eigenvalue weighted by molar-refractivity contribution is 7.09. The third-order valence-electron chi connectivity index (χ3n) is 5.26. The minimum absolute atomic E-state index is 0.314. The second kappa shape index (κ2) is 8.03. The molecule has 32 heavy (non-hydrogen) atoms. The Balaban J connectivity index is 1.72. The van der Waals surface area contributed by atoms with E-state index in [0.29, 0.717) is 22.6 Å². The fourth-order valence-electron chi connectivity index (χ4n) is 3.66. The predicted octanol–water partition coefficient (Wildman–Crippen LogP) is 5.13. The molecule has 0 fully saturated rings. The Bertz CT molecular complexity index is 1300. The molecule has 1 atom stereocenters. The van der Waals surface area contributed by atoms with E-state index in [1.165, 1.54) is 22.4 Å². The van der Waals surface area contributed by atoms with Gasteiger partial charge in [0, 0.05) is 47.4 Å². The molecule has 0 spiro atoms. The van der Waals surface area contributed by atoms with Crippen molar-refractivity contribution in [2.75, 3.05) is 19.8 Å². The molecule has 4 rings (SSSR count). The van der Waals surface area contributed by atoms with Gasteiger partial charge in [0.1, 0.15) is 5.82 Å². The maximum atomic E-state index is 13.4. The number of carbonyl (C=O) groups is 1. The summed E-state index contributed by atoms with van der Waals surface area (Å²) >= 11 is 1.50. The number of nitrogen functional groups attached to an aromatic ring is 1. The molecule has 0 aliphatic carbocycles. The van der Waals surface area contributed by atoms with Crippen LogP contribution < -0.4 is 5.73 Å². The Labute approximate surface area is 186 Å². The Hall–Kier alpha value is -3.24. The summed E-state index contributed by atoms with van der Waals surface area (Å²) in [6.07, 6.45) is -3.69. The van der Waals surface area contributed by atoms with E-state index in [2.05, 4.69) is 9.97 Å². The molecule has 0 saturated carbocycles. The summed E-state index contributed by atoms with van der Waals surface area (Å²) < 4.78 is 38.6. The highest BCUT2D eigenvalue weighted by Crippen LogP contribution is 2.33. The van der Waals surface area contributed by atoms with Crippen LogP contribution in [0.1, 0.15) is 34.6 Å². The van der Waals surface area contributed by atoms with Gasteiger partial charge < -0.3 is 5.73 Å². The number of nitrogens with two attached hydrogens (primary N) is 1. The van der Waals surface area contributed by atoms with E-state index in [-0.39, 0.29) is 5.91 Å². The SMILES string of the molecule is CC(c1ccc(C(F)(F)F)cn1)N(C(=O)c1ccc2nc(N)c3cscc3c2c1)N(C)C. The van der Waals surface area contributed by atoms with Gasteiger partial charge >= 0.3 is 6.18 Å². The number of halogens is 3. The van der Waals surface area contributed by atoms with Crippen LogP contribution in [0.15, 0.2) is 47.3 Å². The smallest absolute Gasteiger partial charge is 0.383 e. The second-order valence-electron chi connectivity index (χ2n) is 7.57. The predicted molar refractivity (Wildman–Crippen MR) is 119 cm³/mol. The van der Waals surface area contributed by atoms with Crippen LogP contribution in [0.4, 0.5) is 19.0 Å². The molecular weight excluding hydrogens is 439 g/mol. The van der Waals surface area contributed by atoms with Gasteiger partial charge in [-0.25, -0.2) is 9.99 Å². The molecule has 0 bridgehead atoms. The third kappa shape index (κ3) is 3.87. The molecule has 3 aromatic heterocycles. The first-order valence-corrected chi connectivity index (χ1v) is 10.6. The molecule has 4 aromatic rings. The first-order chi connectivity index (χ1) is 15.1. The molecule has 6 nitrogen and oxygen atoms in total. The van der Waals surface area contributed by atoms with Crippen LogP contribution >= 0.6 is 11.3 Å². The number of anilines is 1. The van der Waals surface area contributed by atoms with E-state index < -0.39 is 17.8 Å². The standard InChI is InChI=1S/C22H20F3N5OS/c1-12(18-7-5-14(9-27-18)22(23,24)25)30(29(2)3)21(31)13-4-6-19-15(8-13)16-10-32-11-17(16)20(26)28-19/h4-12H,1-3H3,(H2,26,28). The third-order valence-corrected chi connectivity index (χ3v) is 6.00. The van der Waals surface area contributed by atoms with Gasteiger partial charge in [-0.1, -0.05) is 0 Å². The van der Waals surface area contributed by atoms with Gasteiger partial charge in [0.05, 0.1) is 22.8 Å². The van der Waals surface area contributed by atoms with Crippen molar-refractivity contribution in [3.05, 3.63) is 64.1 Å². The van der Waals surface area contributed by atoms with E-state index in [0.717, 1.165) is 28.4 Å². The summed E-state index contributed by atoms with van der Waals surface area (Å²) in [5.74, 6) is 0.121. The lowest BCUT2D eigenvalue weighted by Gasteiger charge is -2.34. The van der Waals surface area contributed by atoms with E-state index in [9.17, 15) is 18.0 Å². The normalized spacial score (nSPS) is 13.1. The molecule has 0 aliphatic heterocycles. The monoisotopic (exact) mass is 459 g/mol. The summed E-state index contributed by atoms with van der Waals surface area (Å²) in [4.78, 5) is 21.8. The lowest BCUT2D eigenvalue weighted by Crippen LogP contribution is -2.43. The van der Waals surface area contributed by atoms with Gasteiger partial charge in [0.25, 0.3) is 5.91 Å². The molecule has 3 heterocycles. The van der Waals surface area contributed by atoms with Crippen LogP contribution in [-0.2, 0) is 6.18 Å². The van der Waals surface area contributed by atoms with Gasteiger partial charge in [-0.3, -0.25) is 14.8 Å². The molecule has 1 unspecified atom stereocenters. The fraction of sp³-hybridized carbons (Fsp3) is 0.227. The van der Waals surface area contributed by atoms with Crippen LogP contribution in [0.5, 0.6) is 0 Å². The average Bonchev–Trinajstić information content (AvgIpc) is 3.24. The number of fused-ring (bicyclic) bond motifs is 3. The van der Waals surface area contributed by atoms with Gasteiger partial charge in [-0.15, -0.1) is 0 Å². The Kier molecular flexibility index (Phi) is 5.51. The first kappa shape index (κ1) is 22.0. The molecule has 1 amide bonds. The first-order valence-electron chi connectivity index (χ1n) is 9.67. The molecule has 0 aliphatic rings. The number of rotatable bonds is 4. The fourth-order valence-corrected chi connectivity index (χ4v) is 4.50. The van der Waals surface area contributed by atoms with Crippen LogP contribution in [0.3, 0.4) is 0 Å². The van der Waals surface area contributed by atoms with E-state index in [1.807, 2.05) is 10.8 Å². The highest BCUT2D eigenvalue weighted by atomic mass is 32.1. The highest BCUT2D eigenvalue weighted by Gasteiger charge is 2.32. The number of hydrazine groups is 1. The number of carbonyl (C=O) groups excluding carboxylic acids is 1. The van der Waals surface area contributed by atoms with Crippen LogP contribution in [-0.4, -0.2) is 40.0 Å². The number of hydrogen-bond donors (Lipinski definition) is 1. The van der Waals surface area contributed by atoms with Crippen molar-refractivity contribution in [3.8, 4) is 0 Å². The van der Waals surface area contributed by atoms with Crippen molar-refractivity contribution in [3.63, 3.8) is 0 Å². The minimum atomic E-state index is -4.47. The van der Waals surface area contributed by atoms with Crippen molar-refractivity contribution in [1.82, 2.24) is 20.0 Å². The average molecular weight is 459 g/mol. The lowest BCUT2D eigenvalue weighted by molar-refractivity contribution is -0.137. The van der Waals surface area contributed by atoms with Gasteiger partial charge in [0.2, 0.25) is 0 Å². The topological polar surface area (TPSA) is 75.3 Å². The van der Waals surface area contributed by atoms with E-state index in [4.69, 9.17) is 5.73 Å². The summed E-state index contributed by atoms with van der Waals surface area (Å²) in [5.41, 5.74) is 6.64. The number of pyridine rings is 2. The van der Waals surface area contributed by atoms with Crippen molar-refractivity contribution in [1.29, 1.82) is 0 Å². The Morgan fingerprint density at radius 1 is 1.09 bits per heavy atom. The summed E-state index contributed by atoms with van der Waals surface area (Å²) in [6.45, 7) is 1.72.